The summed E-state index contributed by atoms with van der Waals surface area (Å²) in [5, 5.41) is 5.06. The molecule has 0 aromatic heterocycles. The van der Waals surface area contributed by atoms with Crippen molar-refractivity contribution in [3.63, 3.8) is 0 Å². The first-order chi connectivity index (χ1) is 29.5. The Balaban J connectivity index is 0.947. The first kappa shape index (κ1) is 35.7. The molecule has 0 saturated carbocycles. The highest BCUT2D eigenvalue weighted by Crippen LogP contribution is 2.52. The topological polar surface area (TPSA) is 3.24 Å². The molecule has 1 nitrogen and oxygen atoms in total. The minimum absolute atomic E-state index is 0.192. The molecule has 0 atom stereocenters. The van der Waals surface area contributed by atoms with Crippen LogP contribution in [0.15, 0.2) is 224 Å². The van der Waals surface area contributed by atoms with Gasteiger partial charge in [0.2, 0.25) is 0 Å². The lowest BCUT2D eigenvalue weighted by atomic mass is 9.81. The normalized spacial score (nSPS) is 12.6. The Morgan fingerprint density at radius 3 is 1.47 bits per heavy atom. The van der Waals surface area contributed by atoms with Crippen LogP contribution >= 0.6 is 0 Å². The average Bonchev–Trinajstić information content (AvgIpc) is 3.54. The highest BCUT2D eigenvalue weighted by atomic mass is 15.1. The number of anilines is 3. The van der Waals surface area contributed by atoms with Crippen molar-refractivity contribution in [1.29, 1.82) is 0 Å². The van der Waals surface area contributed by atoms with Crippen LogP contribution in [0.3, 0.4) is 0 Å². The van der Waals surface area contributed by atoms with Gasteiger partial charge in [-0.15, -0.1) is 0 Å². The summed E-state index contributed by atoms with van der Waals surface area (Å²) in [5.74, 6) is 0. The van der Waals surface area contributed by atoms with E-state index in [9.17, 15) is 0 Å². The predicted octanol–water partition coefficient (Wildman–Crippen LogP) is 16.4. The zero-order valence-corrected chi connectivity index (χ0v) is 33.8. The molecule has 0 bridgehead atoms. The van der Waals surface area contributed by atoms with E-state index in [4.69, 9.17) is 0 Å². The Morgan fingerprint density at radius 2 is 0.750 bits per heavy atom. The fourth-order valence-electron chi connectivity index (χ4n) is 9.42. The van der Waals surface area contributed by atoms with Crippen LogP contribution in [0, 0.1) is 0 Å². The van der Waals surface area contributed by atoms with Crippen LogP contribution < -0.4 is 4.90 Å². The highest BCUT2D eigenvalue weighted by Gasteiger charge is 2.36. The minimum atomic E-state index is -0.192. The maximum absolute atomic E-state index is 2.43. The van der Waals surface area contributed by atoms with Gasteiger partial charge in [-0.25, -0.2) is 0 Å². The number of hydrogen-bond acceptors (Lipinski definition) is 1. The Kier molecular flexibility index (Phi) is 8.57. The summed E-state index contributed by atoms with van der Waals surface area (Å²) in [6, 6.07) is 82.4. The van der Waals surface area contributed by atoms with Crippen LogP contribution in [0.25, 0.3) is 77.2 Å². The molecular formula is C59H43N. The summed E-state index contributed by atoms with van der Waals surface area (Å²) in [4.78, 5) is 2.40. The van der Waals surface area contributed by atoms with Crippen LogP contribution in [0.5, 0.6) is 0 Å². The first-order valence-corrected chi connectivity index (χ1v) is 20.9. The predicted molar refractivity (Wildman–Crippen MR) is 255 cm³/mol. The monoisotopic (exact) mass is 765 g/mol. The molecule has 0 fully saturated rings. The summed E-state index contributed by atoms with van der Waals surface area (Å²) in [6.07, 6.45) is 0. The van der Waals surface area contributed by atoms with E-state index in [2.05, 4.69) is 243 Å². The van der Waals surface area contributed by atoms with E-state index in [0.717, 1.165) is 17.1 Å². The van der Waals surface area contributed by atoms with Crippen LogP contribution in [0.1, 0.15) is 25.0 Å². The van der Waals surface area contributed by atoms with Gasteiger partial charge in [0.05, 0.1) is 0 Å². The van der Waals surface area contributed by atoms with Gasteiger partial charge in [-0.05, 0) is 137 Å². The van der Waals surface area contributed by atoms with Crippen molar-refractivity contribution in [2.75, 3.05) is 4.90 Å². The van der Waals surface area contributed by atoms with E-state index >= 15 is 0 Å². The zero-order valence-electron chi connectivity index (χ0n) is 33.8. The van der Waals surface area contributed by atoms with Crippen molar-refractivity contribution < 1.29 is 0 Å². The van der Waals surface area contributed by atoms with E-state index in [1.54, 1.807) is 0 Å². The molecule has 10 aromatic carbocycles. The van der Waals surface area contributed by atoms with E-state index in [0.29, 0.717) is 0 Å². The number of benzene rings is 10. The van der Waals surface area contributed by atoms with Gasteiger partial charge in [-0.2, -0.15) is 0 Å². The second-order valence-corrected chi connectivity index (χ2v) is 16.6. The average molecular weight is 766 g/mol. The van der Waals surface area contributed by atoms with E-state index in [1.165, 1.54) is 88.3 Å². The van der Waals surface area contributed by atoms with Crippen molar-refractivity contribution in [3.05, 3.63) is 236 Å². The number of hydrogen-bond donors (Lipinski definition) is 0. The lowest BCUT2D eigenvalue weighted by Crippen LogP contribution is -2.16. The van der Waals surface area contributed by atoms with Crippen molar-refractivity contribution in [2.24, 2.45) is 0 Å². The van der Waals surface area contributed by atoms with Gasteiger partial charge in [0.1, 0.15) is 0 Å². The zero-order chi connectivity index (χ0) is 40.2. The Morgan fingerprint density at radius 1 is 0.283 bits per heavy atom. The fourth-order valence-corrected chi connectivity index (χ4v) is 9.42. The largest absolute Gasteiger partial charge is 0.310 e. The smallest absolute Gasteiger partial charge is 0.0465 e. The Labute approximate surface area is 352 Å². The van der Waals surface area contributed by atoms with Gasteiger partial charge in [0.15, 0.2) is 0 Å². The molecule has 0 heterocycles. The lowest BCUT2D eigenvalue weighted by molar-refractivity contribution is 0.660. The SMILES string of the molecule is CC1(C)c2cc(-c3ccc(-c4cccc5ccccc45)cc3)ccc2-c2ccc(N(c3ccc(-c4ccccc4)cc3)c3ccc(-c4ccc5ccccc5c4)cc3)cc21. The molecule has 0 radical (unpaired) electrons. The molecule has 60 heavy (non-hydrogen) atoms. The molecule has 0 N–H and O–H groups in total. The minimum Gasteiger partial charge on any atom is -0.310 e. The lowest BCUT2D eigenvalue weighted by Gasteiger charge is -2.28. The standard InChI is InChI=1S/C59H43N/c1-59(2)57-38-49(43-19-22-46(23-20-43)54-18-10-16-45-14-8-9-17-53(45)54)29-35-55(57)56-36-34-52(39-58(56)59)60(50-30-25-42(26-31-50)40-11-4-3-5-12-40)51-32-27-44(28-33-51)48-24-21-41-13-6-7-15-47(41)37-48/h3-39H,1-2H3. The highest BCUT2D eigenvalue weighted by molar-refractivity contribution is 5.97. The number of rotatable bonds is 7. The summed E-state index contributed by atoms with van der Waals surface area (Å²) in [7, 11) is 0. The van der Waals surface area contributed by atoms with E-state index in [1.807, 2.05) is 0 Å². The summed E-state index contributed by atoms with van der Waals surface area (Å²) in [6.45, 7) is 4.76. The van der Waals surface area contributed by atoms with Crippen molar-refractivity contribution in [2.45, 2.75) is 19.3 Å². The third-order valence-electron chi connectivity index (χ3n) is 12.7. The van der Waals surface area contributed by atoms with Crippen molar-refractivity contribution in [1.82, 2.24) is 0 Å². The summed E-state index contributed by atoms with van der Waals surface area (Å²) in [5.41, 5.74) is 18.3. The van der Waals surface area contributed by atoms with Gasteiger partial charge in [-0.1, -0.05) is 190 Å². The number of nitrogens with zero attached hydrogens (tertiary/aromatic N) is 1. The maximum Gasteiger partial charge on any atom is 0.0465 e. The molecule has 1 aliphatic carbocycles. The molecular weight excluding hydrogens is 723 g/mol. The van der Waals surface area contributed by atoms with Crippen molar-refractivity contribution in [3.8, 4) is 55.6 Å². The maximum atomic E-state index is 2.43. The number of fused-ring (bicyclic) bond motifs is 5. The molecule has 0 spiro atoms. The quantitative estimate of drug-likeness (QED) is 0.156. The summed E-state index contributed by atoms with van der Waals surface area (Å²) >= 11 is 0. The van der Waals surface area contributed by atoms with Crippen LogP contribution in [0.2, 0.25) is 0 Å². The molecule has 11 rings (SSSR count). The van der Waals surface area contributed by atoms with Gasteiger partial charge < -0.3 is 4.90 Å². The molecule has 1 aliphatic rings. The van der Waals surface area contributed by atoms with Gasteiger partial charge in [-0.3, -0.25) is 0 Å². The van der Waals surface area contributed by atoms with Crippen LogP contribution in [0.4, 0.5) is 17.1 Å². The Hall–Kier alpha value is -7.48. The molecule has 10 aromatic rings. The molecule has 1 heteroatoms. The second-order valence-electron chi connectivity index (χ2n) is 16.6. The molecule has 0 aliphatic heterocycles. The molecule has 0 amide bonds. The van der Waals surface area contributed by atoms with E-state index < -0.39 is 0 Å². The Bertz CT molecular complexity index is 3190. The van der Waals surface area contributed by atoms with Crippen LogP contribution in [-0.4, -0.2) is 0 Å². The van der Waals surface area contributed by atoms with Crippen LogP contribution in [-0.2, 0) is 5.41 Å². The van der Waals surface area contributed by atoms with Gasteiger partial charge >= 0.3 is 0 Å². The van der Waals surface area contributed by atoms with Gasteiger partial charge in [0, 0.05) is 22.5 Å². The third kappa shape index (κ3) is 6.19. The van der Waals surface area contributed by atoms with Crippen molar-refractivity contribution >= 4 is 38.6 Å². The summed E-state index contributed by atoms with van der Waals surface area (Å²) < 4.78 is 0. The fraction of sp³-hybridized carbons (Fsp3) is 0.0508. The molecule has 0 unspecified atom stereocenters. The van der Waals surface area contributed by atoms with E-state index in [-0.39, 0.29) is 5.41 Å². The molecule has 284 valence electrons. The van der Waals surface area contributed by atoms with Gasteiger partial charge in [0.25, 0.3) is 0 Å². The third-order valence-corrected chi connectivity index (χ3v) is 12.7. The second kappa shape index (κ2) is 14.4. The molecule has 0 saturated heterocycles. The first-order valence-electron chi connectivity index (χ1n) is 20.9.